The van der Waals surface area contributed by atoms with E-state index in [9.17, 15) is 4.79 Å². The van der Waals surface area contributed by atoms with Crippen molar-refractivity contribution in [3.63, 3.8) is 0 Å². The van der Waals surface area contributed by atoms with Crippen LogP contribution < -0.4 is 5.32 Å². The van der Waals surface area contributed by atoms with Gasteiger partial charge in [0.05, 0.1) is 5.76 Å². The van der Waals surface area contributed by atoms with E-state index >= 15 is 0 Å². The molecule has 0 aromatic carbocycles. The first-order valence-corrected chi connectivity index (χ1v) is 3.83. The Balaban J connectivity index is 2.35. The summed E-state index contributed by atoms with van der Waals surface area (Å²) in [7, 11) is 0. The van der Waals surface area contributed by atoms with Crippen LogP contribution in [-0.2, 0) is 4.79 Å². The van der Waals surface area contributed by atoms with E-state index in [1.54, 1.807) is 6.08 Å². The first kappa shape index (κ1) is 8.11. The van der Waals surface area contributed by atoms with Crippen LogP contribution in [0.2, 0.25) is 0 Å². The third-order valence-corrected chi connectivity index (χ3v) is 1.79. The van der Waals surface area contributed by atoms with E-state index in [4.69, 9.17) is 5.11 Å². The molecule has 0 saturated carbocycles. The molecule has 3 nitrogen and oxygen atoms in total. The zero-order valence-electron chi connectivity index (χ0n) is 6.63. The number of aliphatic hydroxyl groups excluding tert-OH is 1. The molecule has 1 unspecified atom stereocenters. The Morgan fingerprint density at radius 2 is 2.55 bits per heavy atom. The van der Waals surface area contributed by atoms with E-state index in [2.05, 4.69) is 5.32 Å². The van der Waals surface area contributed by atoms with E-state index in [0.29, 0.717) is 12.2 Å². The molecule has 0 fully saturated rings. The highest BCUT2D eigenvalue weighted by Gasteiger charge is 2.13. The fraction of sp³-hybridized carbons (Fsp3) is 0.625. The zero-order valence-corrected chi connectivity index (χ0v) is 6.63. The minimum Gasteiger partial charge on any atom is -0.513 e. The molecule has 1 atom stereocenters. The first-order valence-electron chi connectivity index (χ1n) is 3.83. The van der Waals surface area contributed by atoms with Crippen LogP contribution in [0.15, 0.2) is 11.8 Å². The second kappa shape index (κ2) is 3.42. The minimum absolute atomic E-state index is 0.00443. The summed E-state index contributed by atoms with van der Waals surface area (Å²) in [4.78, 5) is 10.6. The van der Waals surface area contributed by atoms with Gasteiger partial charge in [0.25, 0.3) is 0 Å². The predicted molar refractivity (Wildman–Crippen MR) is 42.2 cm³/mol. The lowest BCUT2D eigenvalue weighted by atomic mass is 10.0. The normalized spacial score (nSPS) is 24.1. The highest BCUT2D eigenvalue weighted by atomic mass is 16.3. The summed E-state index contributed by atoms with van der Waals surface area (Å²) in [6.45, 7) is 1.51. The Bertz CT molecular complexity index is 187. The number of hydrogen-bond acceptors (Lipinski definition) is 2. The van der Waals surface area contributed by atoms with Crippen LogP contribution >= 0.6 is 0 Å². The Morgan fingerprint density at radius 1 is 1.82 bits per heavy atom. The average Bonchev–Trinajstić information content (AvgIpc) is 1.93. The SMILES string of the molecule is CC(=O)NC1CC=C(O)CC1. The maximum atomic E-state index is 10.6. The molecule has 0 saturated heterocycles. The predicted octanol–water partition coefficient (Wildman–Crippen LogP) is 1.12. The van der Waals surface area contributed by atoms with Gasteiger partial charge in [0.2, 0.25) is 5.91 Å². The molecule has 11 heavy (non-hydrogen) atoms. The second-order valence-corrected chi connectivity index (χ2v) is 2.87. The smallest absolute Gasteiger partial charge is 0.217 e. The van der Waals surface area contributed by atoms with Crippen LogP contribution in [0.5, 0.6) is 0 Å². The topological polar surface area (TPSA) is 49.3 Å². The Hall–Kier alpha value is -0.990. The van der Waals surface area contributed by atoms with Crippen LogP contribution in [-0.4, -0.2) is 17.1 Å². The van der Waals surface area contributed by atoms with Crippen molar-refractivity contribution in [3.8, 4) is 0 Å². The van der Waals surface area contributed by atoms with Gasteiger partial charge in [-0.25, -0.2) is 0 Å². The van der Waals surface area contributed by atoms with Crippen LogP contribution in [0.25, 0.3) is 0 Å². The summed E-state index contributed by atoms with van der Waals surface area (Å²) in [5.41, 5.74) is 0. The third-order valence-electron chi connectivity index (χ3n) is 1.79. The standard InChI is InChI=1S/C8H13NO2/c1-6(10)9-7-2-4-8(11)5-3-7/h4,7,11H,2-3,5H2,1H3,(H,9,10). The molecule has 1 amide bonds. The first-order chi connectivity index (χ1) is 5.18. The third kappa shape index (κ3) is 2.62. The molecular weight excluding hydrogens is 142 g/mol. The van der Waals surface area contributed by atoms with E-state index in [-0.39, 0.29) is 11.9 Å². The van der Waals surface area contributed by atoms with Gasteiger partial charge in [-0.1, -0.05) is 0 Å². The minimum atomic E-state index is 0.00443. The molecule has 0 aromatic heterocycles. The fourth-order valence-electron chi connectivity index (χ4n) is 1.24. The summed E-state index contributed by atoms with van der Waals surface area (Å²) in [6.07, 6.45) is 4.06. The number of hydrogen-bond donors (Lipinski definition) is 2. The Labute approximate surface area is 66.1 Å². The molecule has 0 heterocycles. The highest BCUT2D eigenvalue weighted by Crippen LogP contribution is 2.15. The number of carbonyl (C=O) groups excluding carboxylic acids is 1. The van der Waals surface area contributed by atoms with E-state index in [0.717, 1.165) is 12.8 Å². The van der Waals surface area contributed by atoms with E-state index in [1.165, 1.54) is 6.92 Å². The summed E-state index contributed by atoms with van der Waals surface area (Å²) >= 11 is 0. The van der Waals surface area contributed by atoms with Crippen molar-refractivity contribution in [1.82, 2.24) is 5.32 Å². The van der Waals surface area contributed by atoms with Gasteiger partial charge in [0, 0.05) is 19.4 Å². The van der Waals surface area contributed by atoms with E-state index in [1.807, 2.05) is 0 Å². The van der Waals surface area contributed by atoms with Crippen LogP contribution in [0.1, 0.15) is 26.2 Å². The molecule has 1 rings (SSSR count). The van der Waals surface area contributed by atoms with Crippen LogP contribution in [0.3, 0.4) is 0 Å². The fourth-order valence-corrected chi connectivity index (χ4v) is 1.24. The molecule has 62 valence electrons. The molecule has 0 aliphatic heterocycles. The van der Waals surface area contributed by atoms with Gasteiger partial charge in [0.1, 0.15) is 0 Å². The van der Waals surface area contributed by atoms with Gasteiger partial charge in [-0.05, 0) is 18.9 Å². The highest BCUT2D eigenvalue weighted by molar-refractivity contribution is 5.73. The van der Waals surface area contributed by atoms with Crippen LogP contribution in [0.4, 0.5) is 0 Å². The Morgan fingerprint density at radius 3 is 3.00 bits per heavy atom. The monoisotopic (exact) mass is 155 g/mol. The number of carbonyl (C=O) groups is 1. The molecule has 0 bridgehead atoms. The van der Waals surface area contributed by atoms with Crippen molar-refractivity contribution in [1.29, 1.82) is 0 Å². The lowest BCUT2D eigenvalue weighted by Crippen LogP contribution is -2.33. The number of aliphatic hydroxyl groups is 1. The summed E-state index contributed by atoms with van der Waals surface area (Å²) < 4.78 is 0. The second-order valence-electron chi connectivity index (χ2n) is 2.87. The lowest BCUT2D eigenvalue weighted by Gasteiger charge is -2.19. The largest absolute Gasteiger partial charge is 0.513 e. The maximum absolute atomic E-state index is 10.6. The number of amides is 1. The van der Waals surface area contributed by atoms with Gasteiger partial charge in [-0.2, -0.15) is 0 Å². The van der Waals surface area contributed by atoms with Crippen molar-refractivity contribution < 1.29 is 9.90 Å². The molecule has 1 aliphatic carbocycles. The Kier molecular flexibility index (Phi) is 2.52. The molecule has 0 aromatic rings. The molecular formula is C8H13NO2. The van der Waals surface area contributed by atoms with Crippen molar-refractivity contribution >= 4 is 5.91 Å². The maximum Gasteiger partial charge on any atom is 0.217 e. The van der Waals surface area contributed by atoms with Gasteiger partial charge in [-0.15, -0.1) is 0 Å². The van der Waals surface area contributed by atoms with Gasteiger partial charge in [0.15, 0.2) is 0 Å². The average molecular weight is 155 g/mol. The van der Waals surface area contributed by atoms with Crippen molar-refractivity contribution in [2.24, 2.45) is 0 Å². The zero-order chi connectivity index (χ0) is 8.27. The van der Waals surface area contributed by atoms with Gasteiger partial charge in [-0.3, -0.25) is 4.79 Å². The molecule has 1 aliphatic rings. The van der Waals surface area contributed by atoms with Gasteiger partial charge >= 0.3 is 0 Å². The summed E-state index contributed by atoms with van der Waals surface area (Å²) in [5.74, 6) is 0.455. The molecule has 0 spiro atoms. The quantitative estimate of drug-likeness (QED) is 0.596. The summed E-state index contributed by atoms with van der Waals surface area (Å²) in [5, 5.41) is 11.8. The lowest BCUT2D eigenvalue weighted by molar-refractivity contribution is -0.119. The van der Waals surface area contributed by atoms with E-state index < -0.39 is 0 Å². The molecule has 3 heteroatoms. The van der Waals surface area contributed by atoms with Crippen molar-refractivity contribution in [3.05, 3.63) is 11.8 Å². The summed E-state index contributed by atoms with van der Waals surface area (Å²) in [6, 6.07) is 0.225. The number of rotatable bonds is 1. The molecule has 2 N–H and O–H groups in total. The van der Waals surface area contributed by atoms with Crippen molar-refractivity contribution in [2.75, 3.05) is 0 Å². The van der Waals surface area contributed by atoms with Crippen molar-refractivity contribution in [2.45, 2.75) is 32.2 Å². The molecule has 0 radical (unpaired) electrons. The van der Waals surface area contributed by atoms with Gasteiger partial charge < -0.3 is 10.4 Å². The number of nitrogens with one attached hydrogen (secondary N) is 1. The van der Waals surface area contributed by atoms with Crippen LogP contribution in [0, 0.1) is 0 Å². The number of allylic oxidation sites excluding steroid dienone is 1.